The highest BCUT2D eigenvalue weighted by atomic mass is 16.7. The predicted octanol–water partition coefficient (Wildman–Crippen LogP) is 18.8. The smallest absolute Gasteiger partial charge is 0.361 e. The third-order valence-corrected chi connectivity index (χ3v) is 12.6. The van der Waals surface area contributed by atoms with Gasteiger partial charge in [-0.2, -0.15) is 0 Å². The second kappa shape index (κ2) is 59.3. The van der Waals surface area contributed by atoms with Crippen molar-refractivity contribution in [1.29, 1.82) is 0 Å². The minimum atomic E-state index is -1.53. The van der Waals surface area contributed by atoms with Crippen molar-refractivity contribution >= 4 is 17.9 Å². The fraction of sp³-hybridized carbons (Fsp3) is 0.614. The van der Waals surface area contributed by atoms with Gasteiger partial charge in [0.15, 0.2) is 6.10 Å². The van der Waals surface area contributed by atoms with E-state index in [2.05, 4.69) is 160 Å². The standard InChI is InChI=1S/C70H113NO8/c1-6-8-10-12-14-16-18-20-22-24-26-28-29-30-31-32-33-34-35-36-37-38-39-41-43-45-47-49-51-53-55-57-59-61-68(73)79-66(65-78-70(69(74)75)76-63-62-71(3,4)5)64-77-67(72)60-58-56-54-52-50-48-46-44-42-40-27-25-23-21-19-17-15-13-11-9-7-2/h8,10,14,16,19-22,25-28,30-31,33-34,36-37,39,41,45,47,51,53,66,70H,6-7,9,11-13,15,17-18,23-24,29,32,35,38,40,42-44,46,48-50,52,54-65H2,1-5H3/p+1/b10-8-,16-14-,21-19-,22-20-,27-25-,28-26-,31-30-,34-33-,37-36-,41-39-,47-45-,53-51-. The van der Waals surface area contributed by atoms with E-state index in [1.54, 1.807) is 0 Å². The highest BCUT2D eigenvalue weighted by Gasteiger charge is 2.25. The number of carboxylic acid groups (broad SMARTS) is 1. The monoisotopic (exact) mass is 1100 g/mol. The summed E-state index contributed by atoms with van der Waals surface area (Å²) in [5, 5.41) is 9.71. The number of hydrogen-bond donors (Lipinski definition) is 1. The summed E-state index contributed by atoms with van der Waals surface area (Å²) in [6, 6.07) is 0. The van der Waals surface area contributed by atoms with Crippen LogP contribution in [-0.2, 0) is 33.3 Å². The van der Waals surface area contributed by atoms with Crippen molar-refractivity contribution in [3.63, 3.8) is 0 Å². The van der Waals surface area contributed by atoms with Gasteiger partial charge in [-0.25, -0.2) is 4.79 Å². The quantitative estimate of drug-likeness (QED) is 0.0211. The van der Waals surface area contributed by atoms with E-state index in [1.165, 1.54) is 70.6 Å². The summed E-state index contributed by atoms with van der Waals surface area (Å²) >= 11 is 0. The largest absolute Gasteiger partial charge is 0.477 e. The molecule has 0 amide bonds. The maximum Gasteiger partial charge on any atom is 0.361 e. The molecule has 0 rings (SSSR count). The SMILES string of the molecule is CC/C=C\C/C=C\C/C=C\C/C=C\C/C=C\C/C=C\C/C=C\C/C=C\C/C=C\C/C=C\CCCCC(=O)OC(COC(=O)CCCCCCCCCCC/C=C\C/C=C\CCCCCCC)COC(OCC[N+](C)(C)C)C(=O)O. The Morgan fingerprint density at radius 2 is 0.722 bits per heavy atom. The zero-order valence-corrected chi connectivity index (χ0v) is 50.7. The van der Waals surface area contributed by atoms with Crippen molar-refractivity contribution in [2.45, 2.75) is 232 Å². The van der Waals surface area contributed by atoms with Crippen LogP contribution >= 0.6 is 0 Å². The van der Waals surface area contributed by atoms with E-state index >= 15 is 0 Å². The van der Waals surface area contributed by atoms with E-state index in [9.17, 15) is 19.5 Å². The number of allylic oxidation sites excluding steroid dienone is 24. The number of rotatable bonds is 55. The van der Waals surface area contributed by atoms with Crippen molar-refractivity contribution in [3.8, 4) is 0 Å². The third kappa shape index (κ3) is 60.7. The number of carboxylic acids is 1. The lowest BCUT2D eigenvalue weighted by molar-refractivity contribution is -0.870. The van der Waals surface area contributed by atoms with Crippen LogP contribution in [0.25, 0.3) is 0 Å². The van der Waals surface area contributed by atoms with Gasteiger partial charge < -0.3 is 28.5 Å². The van der Waals surface area contributed by atoms with Crippen LogP contribution in [-0.4, -0.2) is 87.4 Å². The number of likely N-dealkylation sites (N-methyl/N-ethyl adjacent to an activating group) is 1. The minimum Gasteiger partial charge on any atom is -0.477 e. The number of unbranched alkanes of at least 4 members (excludes halogenated alkanes) is 16. The molecule has 0 aliphatic carbocycles. The molecule has 0 aromatic rings. The van der Waals surface area contributed by atoms with Gasteiger partial charge in [0.25, 0.3) is 6.29 Å². The summed E-state index contributed by atoms with van der Waals surface area (Å²) in [7, 11) is 5.94. The molecule has 0 saturated carbocycles. The Bertz CT molecular complexity index is 1800. The van der Waals surface area contributed by atoms with Crippen molar-refractivity contribution < 1.29 is 42.9 Å². The van der Waals surface area contributed by atoms with Crippen LogP contribution in [0.5, 0.6) is 0 Å². The van der Waals surface area contributed by atoms with E-state index < -0.39 is 24.3 Å². The molecule has 0 bridgehead atoms. The molecule has 1 N–H and O–H groups in total. The average Bonchev–Trinajstić information content (AvgIpc) is 3.42. The normalized spacial score (nSPS) is 13.8. The van der Waals surface area contributed by atoms with Gasteiger partial charge in [0.2, 0.25) is 0 Å². The number of carbonyl (C=O) groups is 3. The van der Waals surface area contributed by atoms with E-state index in [4.69, 9.17) is 18.9 Å². The Hall–Kier alpha value is -4.83. The first kappa shape index (κ1) is 74.2. The van der Waals surface area contributed by atoms with Gasteiger partial charge in [-0.3, -0.25) is 9.59 Å². The molecular formula is C70H114NO8+. The molecule has 0 aliphatic heterocycles. The molecule has 0 aromatic carbocycles. The first-order chi connectivity index (χ1) is 38.6. The number of hydrogen-bond acceptors (Lipinski definition) is 7. The predicted molar refractivity (Wildman–Crippen MR) is 336 cm³/mol. The molecule has 9 heteroatoms. The Labute approximate surface area is 483 Å². The number of nitrogens with zero attached hydrogens (tertiary/aromatic N) is 1. The molecule has 0 spiro atoms. The molecule has 0 saturated heterocycles. The molecular weight excluding hydrogens is 983 g/mol. The first-order valence-corrected chi connectivity index (χ1v) is 31.0. The number of quaternary nitrogens is 1. The summed E-state index contributed by atoms with van der Waals surface area (Å²) in [5.41, 5.74) is 0. The van der Waals surface area contributed by atoms with Crippen molar-refractivity contribution in [2.75, 3.05) is 47.5 Å². The van der Waals surface area contributed by atoms with Crippen LogP contribution in [0.2, 0.25) is 0 Å². The summed E-state index contributed by atoms with van der Waals surface area (Å²) in [6.07, 6.45) is 83.6. The lowest BCUT2D eigenvalue weighted by Crippen LogP contribution is -2.40. The molecule has 0 aliphatic rings. The summed E-state index contributed by atoms with van der Waals surface area (Å²) in [6.45, 7) is 4.68. The van der Waals surface area contributed by atoms with Gasteiger partial charge in [-0.15, -0.1) is 0 Å². The second-order valence-corrected chi connectivity index (χ2v) is 21.3. The molecule has 446 valence electrons. The van der Waals surface area contributed by atoms with E-state index in [0.717, 1.165) is 116 Å². The first-order valence-electron chi connectivity index (χ1n) is 31.0. The van der Waals surface area contributed by atoms with Crippen molar-refractivity contribution in [3.05, 3.63) is 146 Å². The van der Waals surface area contributed by atoms with Gasteiger partial charge in [0.05, 0.1) is 34.4 Å². The van der Waals surface area contributed by atoms with Gasteiger partial charge in [0, 0.05) is 12.8 Å². The van der Waals surface area contributed by atoms with Crippen LogP contribution in [0.4, 0.5) is 0 Å². The Morgan fingerprint density at radius 3 is 1.10 bits per heavy atom. The Morgan fingerprint density at radius 1 is 0.392 bits per heavy atom. The second-order valence-electron chi connectivity index (χ2n) is 21.3. The number of carbonyl (C=O) groups excluding carboxylic acids is 2. The third-order valence-electron chi connectivity index (χ3n) is 12.6. The van der Waals surface area contributed by atoms with Gasteiger partial charge in [-0.05, 0) is 122 Å². The number of aliphatic carboxylic acids is 1. The van der Waals surface area contributed by atoms with Crippen LogP contribution in [0.1, 0.15) is 219 Å². The Balaban J connectivity index is 4.36. The Kier molecular flexibility index (Phi) is 55.7. The molecule has 2 unspecified atom stereocenters. The van der Waals surface area contributed by atoms with E-state index in [-0.39, 0.29) is 38.6 Å². The number of ether oxygens (including phenoxy) is 4. The van der Waals surface area contributed by atoms with Crippen LogP contribution in [0.3, 0.4) is 0 Å². The summed E-state index contributed by atoms with van der Waals surface area (Å²) in [4.78, 5) is 37.5. The molecule has 9 nitrogen and oxygen atoms in total. The lowest BCUT2D eigenvalue weighted by atomic mass is 10.1. The molecule has 0 heterocycles. The van der Waals surface area contributed by atoms with Crippen molar-refractivity contribution in [1.82, 2.24) is 0 Å². The van der Waals surface area contributed by atoms with E-state index in [1.807, 2.05) is 21.1 Å². The highest BCUT2D eigenvalue weighted by molar-refractivity contribution is 5.71. The molecule has 79 heavy (non-hydrogen) atoms. The maximum absolute atomic E-state index is 12.9. The topological polar surface area (TPSA) is 108 Å². The lowest BCUT2D eigenvalue weighted by Gasteiger charge is -2.25. The molecule has 0 aromatic heterocycles. The summed E-state index contributed by atoms with van der Waals surface area (Å²) < 4.78 is 22.8. The maximum atomic E-state index is 12.9. The van der Waals surface area contributed by atoms with Crippen LogP contribution in [0, 0.1) is 0 Å². The van der Waals surface area contributed by atoms with Crippen molar-refractivity contribution in [2.24, 2.45) is 0 Å². The summed E-state index contributed by atoms with van der Waals surface area (Å²) in [5.74, 6) is -2.09. The molecule has 0 fully saturated rings. The molecule has 0 radical (unpaired) electrons. The fourth-order valence-electron chi connectivity index (χ4n) is 7.83. The minimum absolute atomic E-state index is 0.170. The van der Waals surface area contributed by atoms with Gasteiger partial charge in [0.1, 0.15) is 13.2 Å². The zero-order valence-electron chi connectivity index (χ0n) is 50.7. The van der Waals surface area contributed by atoms with Gasteiger partial charge in [-0.1, -0.05) is 230 Å². The number of esters is 2. The fourth-order valence-corrected chi connectivity index (χ4v) is 7.83. The van der Waals surface area contributed by atoms with Gasteiger partial charge >= 0.3 is 17.9 Å². The highest BCUT2D eigenvalue weighted by Crippen LogP contribution is 2.14. The average molecular weight is 1100 g/mol. The zero-order chi connectivity index (χ0) is 57.6. The van der Waals surface area contributed by atoms with Crippen LogP contribution in [0.15, 0.2) is 146 Å². The van der Waals surface area contributed by atoms with Crippen LogP contribution < -0.4 is 0 Å². The van der Waals surface area contributed by atoms with E-state index in [0.29, 0.717) is 17.4 Å². The molecule has 2 atom stereocenters.